The Bertz CT molecular complexity index is 1390. The Hall–Kier alpha value is -4.53. The van der Waals surface area contributed by atoms with E-state index in [0.29, 0.717) is 17.1 Å². The van der Waals surface area contributed by atoms with Gasteiger partial charge in [0.05, 0.1) is 23.8 Å². The molecule has 0 aliphatic rings. The molecule has 4 nitrogen and oxygen atoms in total. The van der Waals surface area contributed by atoms with Gasteiger partial charge in [0, 0.05) is 6.20 Å². The van der Waals surface area contributed by atoms with Crippen molar-refractivity contribution in [1.29, 1.82) is 5.26 Å². The lowest BCUT2D eigenvalue weighted by Gasteiger charge is -2.34. The number of benzene rings is 4. The van der Waals surface area contributed by atoms with Crippen LogP contribution in [0.15, 0.2) is 115 Å². The molecule has 0 saturated heterocycles. The lowest BCUT2D eigenvalue weighted by molar-refractivity contribution is 0.278. The number of hydrogen-bond donors (Lipinski definition) is 2. The van der Waals surface area contributed by atoms with Crippen LogP contribution in [0.3, 0.4) is 0 Å². The minimum atomic E-state index is -0.752. The Morgan fingerprint density at radius 1 is 0.833 bits per heavy atom. The van der Waals surface area contributed by atoms with Crippen LogP contribution in [0.2, 0.25) is 0 Å². The molecule has 1 atom stereocenters. The number of aromatic amines is 1. The Balaban J connectivity index is 1.72. The molecule has 0 amide bonds. The first kappa shape index (κ1) is 23.2. The predicted octanol–water partition coefficient (Wildman–Crippen LogP) is 5.93. The van der Waals surface area contributed by atoms with Crippen LogP contribution in [-0.4, -0.2) is 21.7 Å². The standard InChI is InChI=1S/C31H24FN3O/c32-28-18-22(16-17-23(28)19-33)27(21-36)29-20-34-30(35-29)31(24-10-4-1-5-11-24,25-12-6-2-7-13-25)26-14-8-3-9-15-26/h1-18,20,27,36H,21H2,(H,34,35). The molecule has 2 N–H and O–H groups in total. The Morgan fingerprint density at radius 3 is 1.81 bits per heavy atom. The molecule has 1 aromatic heterocycles. The van der Waals surface area contributed by atoms with Gasteiger partial charge in [-0.3, -0.25) is 0 Å². The summed E-state index contributed by atoms with van der Waals surface area (Å²) in [6.07, 6.45) is 1.77. The zero-order chi connectivity index (χ0) is 25.0. The smallest absolute Gasteiger partial charge is 0.141 e. The van der Waals surface area contributed by atoms with Crippen molar-refractivity contribution in [2.75, 3.05) is 6.61 Å². The van der Waals surface area contributed by atoms with Crippen molar-refractivity contribution in [3.8, 4) is 6.07 Å². The van der Waals surface area contributed by atoms with Gasteiger partial charge in [0.2, 0.25) is 0 Å². The average Bonchev–Trinajstić information content (AvgIpc) is 3.41. The number of aromatic nitrogens is 2. The fourth-order valence-electron chi connectivity index (χ4n) is 4.89. The van der Waals surface area contributed by atoms with Gasteiger partial charge in [-0.1, -0.05) is 97.1 Å². The summed E-state index contributed by atoms with van der Waals surface area (Å²) in [4.78, 5) is 8.42. The third kappa shape index (κ3) is 3.98. The number of nitriles is 1. The van der Waals surface area contributed by atoms with Crippen LogP contribution < -0.4 is 0 Å². The topological polar surface area (TPSA) is 72.7 Å². The summed E-state index contributed by atoms with van der Waals surface area (Å²) in [5.74, 6) is -0.484. The number of hydrogen-bond acceptors (Lipinski definition) is 3. The highest BCUT2D eigenvalue weighted by Gasteiger charge is 2.41. The first-order valence-corrected chi connectivity index (χ1v) is 11.7. The van der Waals surface area contributed by atoms with E-state index in [1.165, 1.54) is 12.1 Å². The number of aliphatic hydroxyl groups is 1. The number of imidazole rings is 1. The molecule has 5 aromatic rings. The number of halogens is 1. The average molecular weight is 474 g/mol. The van der Waals surface area contributed by atoms with Gasteiger partial charge < -0.3 is 10.1 Å². The molecule has 0 aliphatic heterocycles. The number of nitrogens with zero attached hydrogens (tertiary/aromatic N) is 2. The van der Waals surface area contributed by atoms with E-state index in [0.717, 1.165) is 16.7 Å². The number of rotatable bonds is 7. The molecule has 5 heteroatoms. The lowest BCUT2D eigenvalue weighted by atomic mass is 9.69. The van der Waals surface area contributed by atoms with Crippen LogP contribution >= 0.6 is 0 Å². The minimum absolute atomic E-state index is 0.0330. The summed E-state index contributed by atoms with van der Waals surface area (Å²) < 4.78 is 14.4. The summed E-state index contributed by atoms with van der Waals surface area (Å²) in [5, 5.41) is 19.4. The molecule has 1 heterocycles. The third-order valence-electron chi connectivity index (χ3n) is 6.63. The zero-order valence-electron chi connectivity index (χ0n) is 19.5. The number of H-pyrrole nitrogens is 1. The molecular weight excluding hydrogens is 449 g/mol. The number of aliphatic hydroxyl groups excluding tert-OH is 1. The van der Waals surface area contributed by atoms with Gasteiger partial charge >= 0.3 is 0 Å². The molecule has 0 spiro atoms. The van der Waals surface area contributed by atoms with Crippen LogP contribution in [0.5, 0.6) is 0 Å². The minimum Gasteiger partial charge on any atom is -0.395 e. The number of nitrogens with one attached hydrogen (secondary N) is 1. The van der Waals surface area contributed by atoms with E-state index in [1.807, 2.05) is 60.7 Å². The summed E-state index contributed by atoms with van der Waals surface area (Å²) in [6.45, 7) is -0.259. The van der Waals surface area contributed by atoms with E-state index in [9.17, 15) is 9.50 Å². The van der Waals surface area contributed by atoms with Gasteiger partial charge in [-0.05, 0) is 34.4 Å². The van der Waals surface area contributed by atoms with E-state index in [1.54, 1.807) is 12.3 Å². The molecule has 36 heavy (non-hydrogen) atoms. The fourth-order valence-corrected chi connectivity index (χ4v) is 4.89. The quantitative estimate of drug-likeness (QED) is 0.288. The molecule has 0 aliphatic carbocycles. The van der Waals surface area contributed by atoms with Crippen LogP contribution in [-0.2, 0) is 5.41 Å². The highest BCUT2D eigenvalue weighted by molar-refractivity contribution is 5.56. The molecule has 0 radical (unpaired) electrons. The van der Waals surface area contributed by atoms with E-state index >= 15 is 0 Å². The van der Waals surface area contributed by atoms with Gasteiger partial charge in [0.25, 0.3) is 0 Å². The maximum absolute atomic E-state index is 14.4. The summed E-state index contributed by atoms with van der Waals surface area (Å²) in [7, 11) is 0. The molecule has 5 rings (SSSR count). The first-order valence-electron chi connectivity index (χ1n) is 11.7. The maximum Gasteiger partial charge on any atom is 0.141 e. The Labute approximate surface area is 209 Å². The van der Waals surface area contributed by atoms with Crippen molar-refractivity contribution < 1.29 is 9.50 Å². The molecule has 0 fully saturated rings. The van der Waals surface area contributed by atoms with Gasteiger partial charge in [-0.2, -0.15) is 5.26 Å². The third-order valence-corrected chi connectivity index (χ3v) is 6.63. The highest BCUT2D eigenvalue weighted by atomic mass is 19.1. The normalized spacial score (nSPS) is 12.1. The van der Waals surface area contributed by atoms with Crippen molar-refractivity contribution in [1.82, 2.24) is 9.97 Å². The van der Waals surface area contributed by atoms with Gasteiger partial charge in [-0.15, -0.1) is 0 Å². The van der Waals surface area contributed by atoms with Crippen LogP contribution in [0.1, 0.15) is 45.3 Å². The van der Waals surface area contributed by atoms with Crippen molar-refractivity contribution >= 4 is 0 Å². The summed E-state index contributed by atoms with van der Waals surface area (Å²) in [5.41, 5.74) is 3.46. The van der Waals surface area contributed by atoms with Crippen LogP contribution in [0.25, 0.3) is 0 Å². The van der Waals surface area contributed by atoms with Crippen LogP contribution in [0.4, 0.5) is 4.39 Å². The second-order valence-electron chi connectivity index (χ2n) is 8.61. The predicted molar refractivity (Wildman–Crippen MR) is 137 cm³/mol. The molecule has 4 aromatic carbocycles. The van der Waals surface area contributed by atoms with Gasteiger partial charge in [-0.25, -0.2) is 9.37 Å². The lowest BCUT2D eigenvalue weighted by Crippen LogP contribution is -2.32. The monoisotopic (exact) mass is 473 g/mol. The molecule has 176 valence electrons. The Kier molecular flexibility index (Phi) is 6.44. The molecular formula is C31H24FN3O. The van der Waals surface area contributed by atoms with Crippen LogP contribution in [0, 0.1) is 17.1 Å². The molecule has 0 bridgehead atoms. The highest BCUT2D eigenvalue weighted by Crippen LogP contribution is 2.44. The van der Waals surface area contributed by atoms with Crippen molar-refractivity contribution in [3.63, 3.8) is 0 Å². The molecule has 0 saturated carbocycles. The first-order chi connectivity index (χ1) is 17.7. The summed E-state index contributed by atoms with van der Waals surface area (Å²) in [6, 6.07) is 36.8. The van der Waals surface area contributed by atoms with E-state index < -0.39 is 17.2 Å². The van der Waals surface area contributed by atoms with Crippen molar-refractivity contribution in [3.05, 3.63) is 161 Å². The van der Waals surface area contributed by atoms with Gasteiger partial charge in [0.1, 0.15) is 23.1 Å². The summed E-state index contributed by atoms with van der Waals surface area (Å²) >= 11 is 0. The zero-order valence-corrected chi connectivity index (χ0v) is 19.5. The second kappa shape index (κ2) is 9.99. The SMILES string of the molecule is N#Cc1ccc(C(CO)c2c[nH]c(C(c3ccccc3)(c3ccccc3)c3ccccc3)n2)cc1F. The van der Waals surface area contributed by atoms with E-state index in [2.05, 4.69) is 41.4 Å². The van der Waals surface area contributed by atoms with E-state index in [4.69, 9.17) is 10.2 Å². The Morgan fingerprint density at radius 2 is 1.36 bits per heavy atom. The van der Waals surface area contributed by atoms with Gasteiger partial charge in [0.15, 0.2) is 0 Å². The molecule has 1 unspecified atom stereocenters. The van der Waals surface area contributed by atoms with E-state index in [-0.39, 0.29) is 12.2 Å². The van der Waals surface area contributed by atoms with Crippen molar-refractivity contribution in [2.24, 2.45) is 0 Å². The maximum atomic E-state index is 14.4. The largest absolute Gasteiger partial charge is 0.395 e. The van der Waals surface area contributed by atoms with Crippen molar-refractivity contribution in [2.45, 2.75) is 11.3 Å². The fraction of sp³-hybridized carbons (Fsp3) is 0.0968. The second-order valence-corrected chi connectivity index (χ2v) is 8.61.